The van der Waals surface area contributed by atoms with Crippen LogP contribution in [0.2, 0.25) is 18.1 Å². The molecule has 0 saturated carbocycles. The zero-order valence-electron chi connectivity index (χ0n) is 43.4. The van der Waals surface area contributed by atoms with Gasteiger partial charge in [0.25, 0.3) is 0 Å². The summed E-state index contributed by atoms with van der Waals surface area (Å²) in [5, 5.41) is 13.1. The third-order valence-corrected chi connectivity index (χ3v) is 20.4. The first kappa shape index (κ1) is 53.4. The lowest BCUT2D eigenvalue weighted by atomic mass is 9.71. The largest absolute Gasteiger partial charge is 0.462 e. The second kappa shape index (κ2) is 21.0. The number of ketones is 1. The van der Waals surface area contributed by atoms with Crippen molar-refractivity contribution in [3.63, 3.8) is 0 Å². The maximum Gasteiger partial charge on any atom is 0.316 e. The van der Waals surface area contributed by atoms with Crippen LogP contribution in [-0.2, 0) is 61.4 Å². The lowest BCUT2D eigenvalue weighted by Crippen LogP contribution is -2.60. The Morgan fingerprint density at radius 1 is 0.868 bits per heavy atom. The van der Waals surface area contributed by atoms with Gasteiger partial charge in [0.15, 0.2) is 32.5 Å². The van der Waals surface area contributed by atoms with E-state index in [-0.39, 0.29) is 53.8 Å². The monoisotopic (exact) mass is 971 g/mol. The van der Waals surface area contributed by atoms with Gasteiger partial charge in [0, 0.05) is 51.7 Å². The fourth-order valence-electron chi connectivity index (χ4n) is 10.9. The Hall–Kier alpha value is -2.38. The molecule has 0 aromatic carbocycles. The maximum absolute atomic E-state index is 14.8. The van der Waals surface area contributed by atoms with Gasteiger partial charge < -0.3 is 56.9 Å². The van der Waals surface area contributed by atoms with Crippen LogP contribution in [0.25, 0.3) is 0 Å². The molecule has 0 aromatic rings. The summed E-state index contributed by atoms with van der Waals surface area (Å²) in [4.78, 5) is 27.4. The van der Waals surface area contributed by atoms with Crippen LogP contribution < -0.4 is 0 Å². The molecule has 4 saturated heterocycles. The average molecular weight is 971 g/mol. The number of methoxy groups -OCH3 is 2. The van der Waals surface area contributed by atoms with E-state index < -0.39 is 99.1 Å². The summed E-state index contributed by atoms with van der Waals surface area (Å²) < 4.78 is 71.4. The molecule has 0 radical (unpaired) electrons. The molecule has 1 N–H and O–H groups in total. The number of allylic oxidation sites excluding steroid dienone is 2. The molecule has 2 bridgehead atoms. The van der Waals surface area contributed by atoms with Crippen molar-refractivity contribution >= 4 is 20.1 Å². The van der Waals surface area contributed by atoms with Gasteiger partial charge in [-0.15, -0.1) is 0 Å². The smallest absolute Gasteiger partial charge is 0.316 e. The van der Waals surface area contributed by atoms with Crippen LogP contribution in [-0.4, -0.2) is 137 Å². The Labute approximate surface area is 406 Å². The van der Waals surface area contributed by atoms with E-state index in [4.69, 9.17) is 51.8 Å². The summed E-state index contributed by atoms with van der Waals surface area (Å²) in [6.45, 7) is 27.2. The molecule has 7 rings (SSSR count). The van der Waals surface area contributed by atoms with Gasteiger partial charge in [-0.3, -0.25) is 9.59 Å². The minimum absolute atomic E-state index is 0.105. The molecule has 0 aromatic heterocycles. The number of esters is 1. The predicted molar refractivity (Wildman–Crippen MR) is 258 cm³/mol. The third kappa shape index (κ3) is 11.0. The SMILES string of the molecule is CO[C@H]1C[C@H](O[C@H]2[C@H](C)O[C@@H](O[C@@H]3/C(C)=C/C[C@@H]4C[C@@H](C[C@]5(C=C[C@H](C)[C@@H](C(C)C)O5)O4)OC(=O)[C@@H]4C=C(C)[C@@H](O[Si](C)(C)C(C)(C)C)[C@H]5OC/C(=C\C=C\[C@@H]3C)[C@]54O)C[C@@H]2OC)O[C@@H](C)C1=O. The summed E-state index contributed by atoms with van der Waals surface area (Å²) >= 11 is 0. The van der Waals surface area contributed by atoms with E-state index in [1.807, 2.05) is 38.2 Å². The van der Waals surface area contributed by atoms with Crippen LogP contribution in [0.3, 0.4) is 0 Å². The van der Waals surface area contributed by atoms with Crippen molar-refractivity contribution in [3.05, 3.63) is 59.3 Å². The highest BCUT2D eigenvalue weighted by molar-refractivity contribution is 6.74. The Morgan fingerprint density at radius 3 is 2.26 bits per heavy atom. The molecule has 0 unspecified atom stereocenters. The summed E-state index contributed by atoms with van der Waals surface area (Å²) in [6, 6.07) is 0. The molecule has 382 valence electrons. The maximum atomic E-state index is 14.8. The molecule has 14 nitrogen and oxygen atoms in total. The molecule has 7 aliphatic rings. The number of carbonyl (C=O) groups is 2. The Balaban J connectivity index is 1.22. The van der Waals surface area contributed by atoms with Crippen LogP contribution in [0.4, 0.5) is 0 Å². The van der Waals surface area contributed by atoms with E-state index in [9.17, 15) is 14.7 Å². The first-order chi connectivity index (χ1) is 31.9. The summed E-state index contributed by atoms with van der Waals surface area (Å²) in [5.74, 6) is -2.59. The van der Waals surface area contributed by atoms with Crippen molar-refractivity contribution in [2.24, 2.45) is 23.7 Å². The van der Waals surface area contributed by atoms with E-state index in [0.717, 1.165) is 11.1 Å². The molecular weight excluding hydrogens is 889 g/mol. The highest BCUT2D eigenvalue weighted by Crippen LogP contribution is 2.50. The second-order valence-electron chi connectivity index (χ2n) is 22.5. The van der Waals surface area contributed by atoms with Crippen LogP contribution in [0.1, 0.15) is 108 Å². The molecule has 6 aliphatic heterocycles. The second-order valence-corrected chi connectivity index (χ2v) is 27.2. The molecular formula is C53H82O14Si. The summed E-state index contributed by atoms with van der Waals surface area (Å²) in [7, 11) is 0.794. The predicted octanol–water partition coefficient (Wildman–Crippen LogP) is 8.23. The lowest BCUT2D eigenvalue weighted by Gasteiger charge is -2.49. The average Bonchev–Trinajstić information content (AvgIpc) is 3.60. The Morgan fingerprint density at radius 2 is 1.59 bits per heavy atom. The first-order valence-corrected chi connectivity index (χ1v) is 28.0. The van der Waals surface area contributed by atoms with Crippen molar-refractivity contribution in [2.45, 2.75) is 218 Å². The van der Waals surface area contributed by atoms with E-state index in [1.54, 1.807) is 14.0 Å². The number of Topliss-reactive ketones (excluding diaryl/α,β-unsaturated/α-hetero) is 1. The highest BCUT2D eigenvalue weighted by Gasteiger charge is 2.62. The number of rotatable bonds is 9. The van der Waals surface area contributed by atoms with Crippen LogP contribution >= 0.6 is 0 Å². The van der Waals surface area contributed by atoms with Gasteiger partial charge in [-0.25, -0.2) is 0 Å². The molecule has 18 atom stereocenters. The summed E-state index contributed by atoms with van der Waals surface area (Å²) in [6.07, 6.45) is 9.02. The van der Waals surface area contributed by atoms with Crippen molar-refractivity contribution in [1.29, 1.82) is 0 Å². The highest BCUT2D eigenvalue weighted by atomic mass is 28.4. The van der Waals surface area contributed by atoms with Gasteiger partial charge in [-0.1, -0.05) is 84.9 Å². The number of hydrogen-bond acceptors (Lipinski definition) is 14. The van der Waals surface area contributed by atoms with Gasteiger partial charge >= 0.3 is 5.97 Å². The van der Waals surface area contributed by atoms with Crippen LogP contribution in [0.15, 0.2) is 59.3 Å². The number of fused-ring (bicyclic) bond motifs is 2. The van der Waals surface area contributed by atoms with Gasteiger partial charge in [0.2, 0.25) is 0 Å². The lowest BCUT2D eigenvalue weighted by molar-refractivity contribution is -0.305. The molecule has 4 fully saturated rings. The van der Waals surface area contributed by atoms with Gasteiger partial charge in [-0.05, 0) is 81.0 Å². The number of carbonyl (C=O) groups excluding carboxylic acids is 2. The fraction of sp³-hybridized carbons (Fsp3) is 0.774. The molecule has 1 spiro atoms. The van der Waals surface area contributed by atoms with Crippen molar-refractivity contribution < 1.29 is 66.5 Å². The van der Waals surface area contributed by atoms with Gasteiger partial charge in [-0.2, -0.15) is 0 Å². The zero-order valence-corrected chi connectivity index (χ0v) is 44.4. The molecule has 68 heavy (non-hydrogen) atoms. The van der Waals surface area contributed by atoms with Gasteiger partial charge in [0.1, 0.15) is 42.0 Å². The van der Waals surface area contributed by atoms with Crippen LogP contribution in [0.5, 0.6) is 0 Å². The molecule has 1 aliphatic carbocycles. The van der Waals surface area contributed by atoms with Crippen LogP contribution in [0, 0.1) is 23.7 Å². The molecule has 0 amide bonds. The number of aliphatic hydroxyl groups is 1. The topological polar surface area (TPSA) is 156 Å². The first-order valence-electron chi connectivity index (χ1n) is 25.1. The van der Waals surface area contributed by atoms with E-state index in [0.29, 0.717) is 31.3 Å². The third-order valence-electron chi connectivity index (χ3n) is 16.0. The minimum atomic E-state index is -2.37. The quantitative estimate of drug-likeness (QED) is 0.134. The number of hydrogen-bond donors (Lipinski definition) is 1. The van der Waals surface area contributed by atoms with E-state index >= 15 is 0 Å². The van der Waals surface area contributed by atoms with Crippen molar-refractivity contribution in [1.82, 2.24) is 0 Å². The Bertz CT molecular complexity index is 1970. The standard InChI is InChI=1S/C53H82O14Si/c1-29(2)45-32(5)21-22-52(66-45)27-38-24-37(65-52)20-19-31(4)46(63-43-26-41(58-13)48(35(8)61-43)64-42-25-40(57-12)44(54)34(7)60-42)30(3)17-16-18-36-28-59-49-47(67-68(14,15)51(9,10)11)33(6)23-39(50(55)62-38)53(36,49)56/h16-19,21-23,29-30,32,34-35,37-43,45-49,56H,20,24-28H2,1-15H3/b17-16+,31-19+,36-18+/t30-,32-,34-,35-,37+,38-,39-,40-,41-,42-,43-,45+,46-,47+,48-,49+,52+,53+/m0/s1. The normalized spacial score (nSPS) is 44.9. The van der Waals surface area contributed by atoms with E-state index in [1.165, 1.54) is 7.11 Å². The fourth-order valence-corrected chi connectivity index (χ4v) is 12.2. The zero-order chi connectivity index (χ0) is 49.7. The van der Waals surface area contributed by atoms with Crippen molar-refractivity contribution in [2.75, 3.05) is 20.8 Å². The molecule has 15 heteroatoms. The Kier molecular flexibility index (Phi) is 16.5. The van der Waals surface area contributed by atoms with Crippen molar-refractivity contribution in [3.8, 4) is 0 Å². The minimum Gasteiger partial charge on any atom is -0.462 e. The molecule has 6 heterocycles. The number of ether oxygens (including phenoxy) is 10. The summed E-state index contributed by atoms with van der Waals surface area (Å²) in [5.41, 5.74) is 0.628. The van der Waals surface area contributed by atoms with Gasteiger partial charge in [0.05, 0.1) is 43.2 Å². The van der Waals surface area contributed by atoms with E-state index in [2.05, 4.69) is 86.7 Å².